The number of carbonyl (C=O) groups is 1. The Labute approximate surface area is 116 Å². The quantitative estimate of drug-likeness (QED) is 0.883. The molecule has 2 rings (SSSR count). The first-order chi connectivity index (χ1) is 9.13. The fourth-order valence-corrected chi connectivity index (χ4v) is 3.12. The van der Waals surface area contributed by atoms with Crippen molar-refractivity contribution < 1.29 is 9.90 Å². The molecule has 102 valence electrons. The average molecular weight is 278 g/mol. The molecule has 4 nitrogen and oxygen atoms in total. The van der Waals surface area contributed by atoms with Crippen LogP contribution in [-0.4, -0.2) is 22.6 Å². The monoisotopic (exact) mass is 278 g/mol. The first-order valence-electron chi connectivity index (χ1n) is 6.43. The van der Waals surface area contributed by atoms with Gasteiger partial charge in [-0.2, -0.15) is 0 Å². The summed E-state index contributed by atoms with van der Waals surface area (Å²) in [4.78, 5) is 15.4. The Morgan fingerprint density at radius 2 is 2.32 bits per heavy atom. The van der Waals surface area contributed by atoms with Crippen molar-refractivity contribution in [3.8, 4) is 0 Å². The number of carbonyl (C=O) groups excluding carboxylic acids is 1. The molecule has 0 bridgehead atoms. The number of thiazole rings is 1. The minimum atomic E-state index is -0.106. The summed E-state index contributed by atoms with van der Waals surface area (Å²) in [6.45, 7) is 3.81. The van der Waals surface area contributed by atoms with Gasteiger partial charge in [-0.25, -0.2) is 4.98 Å². The lowest BCUT2D eigenvalue weighted by atomic mass is 9.93. The molecule has 1 heterocycles. The zero-order valence-electron chi connectivity index (χ0n) is 11.1. The number of amides is 1. The van der Waals surface area contributed by atoms with E-state index in [1.54, 1.807) is 0 Å². The van der Waals surface area contributed by atoms with Crippen LogP contribution < -0.4 is 5.32 Å². The van der Waals surface area contributed by atoms with E-state index >= 15 is 0 Å². The van der Waals surface area contributed by atoms with E-state index in [0.717, 1.165) is 23.1 Å². The van der Waals surface area contributed by atoms with Crippen molar-refractivity contribution in [3.63, 3.8) is 0 Å². The molecule has 1 amide bonds. The van der Waals surface area contributed by atoms with E-state index in [4.69, 9.17) is 5.11 Å². The molecule has 1 unspecified atom stereocenters. The van der Waals surface area contributed by atoms with E-state index in [2.05, 4.69) is 29.4 Å². The number of hydrogen-bond acceptors (Lipinski definition) is 4. The largest absolute Gasteiger partial charge is 0.396 e. The number of benzene rings is 1. The minimum Gasteiger partial charge on any atom is -0.396 e. The summed E-state index contributed by atoms with van der Waals surface area (Å²) in [6.07, 6.45) is 1.78. The van der Waals surface area contributed by atoms with Crippen LogP contribution in [0.4, 0.5) is 5.13 Å². The normalized spacial score (nSPS) is 12.6. The van der Waals surface area contributed by atoms with E-state index < -0.39 is 0 Å². The molecule has 1 aromatic heterocycles. The SMILES string of the molecule is CCC(CCO)c1ccc2nc(NC(C)=O)sc2c1. The number of nitrogens with zero attached hydrogens (tertiary/aromatic N) is 1. The van der Waals surface area contributed by atoms with Gasteiger partial charge in [0.1, 0.15) is 0 Å². The molecule has 1 aromatic carbocycles. The Kier molecular flexibility index (Phi) is 4.50. The molecule has 0 fully saturated rings. The van der Waals surface area contributed by atoms with Gasteiger partial charge in [-0.3, -0.25) is 4.79 Å². The first kappa shape index (κ1) is 14.0. The van der Waals surface area contributed by atoms with Gasteiger partial charge < -0.3 is 10.4 Å². The standard InChI is InChI=1S/C14H18N2O2S/c1-3-10(6-7-17)11-4-5-12-13(8-11)19-14(16-12)15-9(2)18/h4-5,8,10,17H,3,6-7H2,1-2H3,(H,15,16,18). The summed E-state index contributed by atoms with van der Waals surface area (Å²) in [5, 5.41) is 12.4. The second kappa shape index (κ2) is 6.12. The maximum atomic E-state index is 11.0. The van der Waals surface area contributed by atoms with Gasteiger partial charge in [0, 0.05) is 13.5 Å². The van der Waals surface area contributed by atoms with Crippen LogP contribution in [0.1, 0.15) is 38.2 Å². The highest BCUT2D eigenvalue weighted by Crippen LogP contribution is 2.31. The van der Waals surface area contributed by atoms with Gasteiger partial charge in [-0.15, -0.1) is 0 Å². The van der Waals surface area contributed by atoms with Crippen LogP contribution in [0, 0.1) is 0 Å². The number of aromatic nitrogens is 1. The number of rotatable bonds is 5. The predicted octanol–water partition coefficient (Wildman–Crippen LogP) is 3.13. The third-order valence-corrected chi connectivity index (χ3v) is 4.07. The van der Waals surface area contributed by atoms with E-state index in [0.29, 0.717) is 11.0 Å². The Bertz CT molecular complexity index is 580. The van der Waals surface area contributed by atoms with Crippen LogP contribution in [-0.2, 0) is 4.79 Å². The predicted molar refractivity (Wildman–Crippen MR) is 78.7 cm³/mol. The van der Waals surface area contributed by atoms with Crippen molar-refractivity contribution in [1.82, 2.24) is 4.98 Å². The molecule has 0 saturated carbocycles. The highest BCUT2D eigenvalue weighted by atomic mass is 32.1. The number of aliphatic hydroxyl groups excluding tert-OH is 1. The van der Waals surface area contributed by atoms with E-state index in [-0.39, 0.29) is 12.5 Å². The van der Waals surface area contributed by atoms with Gasteiger partial charge in [-0.1, -0.05) is 24.3 Å². The van der Waals surface area contributed by atoms with Gasteiger partial charge in [0.15, 0.2) is 5.13 Å². The van der Waals surface area contributed by atoms with Crippen molar-refractivity contribution in [1.29, 1.82) is 0 Å². The zero-order valence-corrected chi connectivity index (χ0v) is 12.0. The Hall–Kier alpha value is -1.46. The first-order valence-corrected chi connectivity index (χ1v) is 7.24. The summed E-state index contributed by atoms with van der Waals surface area (Å²) in [5.74, 6) is 0.270. The van der Waals surface area contributed by atoms with Gasteiger partial charge in [0.25, 0.3) is 0 Å². The molecule has 19 heavy (non-hydrogen) atoms. The molecule has 0 spiro atoms. The lowest BCUT2D eigenvalue weighted by Crippen LogP contribution is -2.04. The van der Waals surface area contributed by atoms with Crippen LogP contribution in [0.25, 0.3) is 10.2 Å². The average Bonchev–Trinajstić information content (AvgIpc) is 2.75. The van der Waals surface area contributed by atoms with Gasteiger partial charge in [-0.05, 0) is 36.5 Å². The molecule has 0 aliphatic carbocycles. The highest BCUT2D eigenvalue weighted by molar-refractivity contribution is 7.22. The Balaban J connectivity index is 2.31. The maximum absolute atomic E-state index is 11.0. The second-order valence-corrected chi connectivity index (χ2v) is 5.58. The molecule has 2 N–H and O–H groups in total. The fourth-order valence-electron chi connectivity index (χ4n) is 2.16. The van der Waals surface area contributed by atoms with Crippen molar-refractivity contribution in [3.05, 3.63) is 23.8 Å². The number of hydrogen-bond donors (Lipinski definition) is 2. The molecule has 0 aliphatic heterocycles. The number of nitrogens with one attached hydrogen (secondary N) is 1. The molecule has 2 aromatic rings. The molecular formula is C14H18N2O2S. The third kappa shape index (κ3) is 3.30. The topological polar surface area (TPSA) is 62.2 Å². The Morgan fingerprint density at radius 3 is 2.95 bits per heavy atom. The number of aliphatic hydroxyl groups is 1. The molecule has 0 saturated heterocycles. The van der Waals surface area contributed by atoms with Crippen molar-refractivity contribution in [2.45, 2.75) is 32.6 Å². The molecule has 0 radical (unpaired) electrons. The lowest BCUT2D eigenvalue weighted by Gasteiger charge is -2.13. The smallest absolute Gasteiger partial charge is 0.223 e. The van der Waals surface area contributed by atoms with E-state index in [1.807, 2.05) is 6.07 Å². The third-order valence-electron chi connectivity index (χ3n) is 3.14. The summed E-state index contributed by atoms with van der Waals surface area (Å²) in [7, 11) is 0. The zero-order chi connectivity index (χ0) is 13.8. The second-order valence-electron chi connectivity index (χ2n) is 4.54. The molecule has 5 heteroatoms. The van der Waals surface area contributed by atoms with Crippen LogP contribution in [0.15, 0.2) is 18.2 Å². The van der Waals surface area contributed by atoms with Crippen LogP contribution in [0.5, 0.6) is 0 Å². The maximum Gasteiger partial charge on any atom is 0.223 e. The minimum absolute atomic E-state index is 0.106. The summed E-state index contributed by atoms with van der Waals surface area (Å²) in [5.41, 5.74) is 2.12. The van der Waals surface area contributed by atoms with E-state index in [9.17, 15) is 4.79 Å². The summed E-state index contributed by atoms with van der Waals surface area (Å²) >= 11 is 1.48. The van der Waals surface area contributed by atoms with E-state index in [1.165, 1.54) is 23.8 Å². The van der Waals surface area contributed by atoms with Gasteiger partial charge >= 0.3 is 0 Å². The molecule has 0 aliphatic rings. The van der Waals surface area contributed by atoms with Gasteiger partial charge in [0.05, 0.1) is 10.2 Å². The number of fused-ring (bicyclic) bond motifs is 1. The van der Waals surface area contributed by atoms with Crippen LogP contribution in [0.3, 0.4) is 0 Å². The van der Waals surface area contributed by atoms with Crippen molar-refractivity contribution in [2.24, 2.45) is 0 Å². The highest BCUT2D eigenvalue weighted by Gasteiger charge is 2.11. The fraction of sp³-hybridized carbons (Fsp3) is 0.429. The number of anilines is 1. The van der Waals surface area contributed by atoms with Crippen molar-refractivity contribution in [2.75, 3.05) is 11.9 Å². The summed E-state index contributed by atoms with van der Waals surface area (Å²) in [6, 6.07) is 6.15. The lowest BCUT2D eigenvalue weighted by molar-refractivity contribution is -0.114. The van der Waals surface area contributed by atoms with Gasteiger partial charge in [0.2, 0.25) is 5.91 Å². The van der Waals surface area contributed by atoms with Crippen LogP contribution in [0.2, 0.25) is 0 Å². The molecular weight excluding hydrogens is 260 g/mol. The Morgan fingerprint density at radius 1 is 1.53 bits per heavy atom. The summed E-state index contributed by atoms with van der Waals surface area (Å²) < 4.78 is 1.07. The molecule has 1 atom stereocenters. The van der Waals surface area contributed by atoms with Crippen molar-refractivity contribution >= 4 is 32.6 Å². The van der Waals surface area contributed by atoms with Crippen LogP contribution >= 0.6 is 11.3 Å².